The minimum absolute atomic E-state index is 0.812. The second kappa shape index (κ2) is 6.58. The molecule has 4 heteroatoms. The van der Waals surface area contributed by atoms with Crippen LogP contribution >= 0.6 is 23.1 Å². The molecule has 0 aromatic carbocycles. The van der Waals surface area contributed by atoms with Gasteiger partial charge in [0.05, 0.1) is 27.0 Å². The molecular weight excluding hydrogens is 296 g/mol. The second-order valence-electron chi connectivity index (χ2n) is 5.04. The van der Waals surface area contributed by atoms with E-state index in [1.165, 1.54) is 17.7 Å². The molecule has 2 aromatic heterocycles. The molecule has 0 saturated carbocycles. The molecule has 3 heterocycles. The molecule has 0 atom stereocenters. The second-order valence-corrected chi connectivity index (χ2v) is 7.07. The fraction of sp³-hybridized carbons (Fsp3) is 0.294. The number of nitrogens with zero attached hydrogens (tertiary/aromatic N) is 2. The van der Waals surface area contributed by atoms with E-state index < -0.39 is 0 Å². The molecule has 2 nitrogen and oxygen atoms in total. The summed E-state index contributed by atoms with van der Waals surface area (Å²) >= 11 is 3.54. The number of hydrogen-bond acceptors (Lipinski definition) is 4. The van der Waals surface area contributed by atoms with Gasteiger partial charge in [-0.25, -0.2) is 9.98 Å². The van der Waals surface area contributed by atoms with Crippen molar-refractivity contribution in [3.05, 3.63) is 47.5 Å². The highest BCUT2D eigenvalue weighted by atomic mass is 32.2. The third kappa shape index (κ3) is 3.27. The first-order valence-electron chi connectivity index (χ1n) is 7.21. The normalized spacial score (nSPS) is 14.0. The molecule has 0 fully saturated rings. The first kappa shape index (κ1) is 14.5. The standard InChI is InChI=1S/C17H18N2S2/c1-3-4-9-21-17-12(2)11-15-13(19-17)7-8-14(18-15)16-6-5-10-20-16/h5-8,10H,2-4,9,11H2,1H3. The SMILES string of the molecule is C=C1Cc2nc(-c3cccs3)ccc2N=C1SCCCC. The predicted octanol–water partition coefficient (Wildman–Crippen LogP) is 5.49. The number of hydrogen-bond donors (Lipinski definition) is 0. The van der Waals surface area contributed by atoms with Gasteiger partial charge in [-0.05, 0) is 41.3 Å². The molecule has 108 valence electrons. The van der Waals surface area contributed by atoms with Gasteiger partial charge in [-0.2, -0.15) is 0 Å². The smallest absolute Gasteiger partial charge is 0.0997 e. The van der Waals surface area contributed by atoms with Gasteiger partial charge >= 0.3 is 0 Å². The summed E-state index contributed by atoms with van der Waals surface area (Å²) < 4.78 is 0. The molecule has 0 N–H and O–H groups in total. The quantitative estimate of drug-likeness (QED) is 0.698. The fourth-order valence-corrected chi connectivity index (χ4v) is 3.96. The van der Waals surface area contributed by atoms with E-state index in [4.69, 9.17) is 9.98 Å². The molecule has 0 radical (unpaired) electrons. The van der Waals surface area contributed by atoms with E-state index in [0.717, 1.165) is 39.9 Å². The summed E-state index contributed by atoms with van der Waals surface area (Å²) in [5.74, 6) is 1.12. The predicted molar refractivity (Wildman–Crippen MR) is 94.9 cm³/mol. The Kier molecular flexibility index (Phi) is 4.56. The van der Waals surface area contributed by atoms with Crippen molar-refractivity contribution in [2.24, 2.45) is 4.99 Å². The summed E-state index contributed by atoms with van der Waals surface area (Å²) in [7, 11) is 0. The van der Waals surface area contributed by atoms with Crippen LogP contribution in [0.25, 0.3) is 10.6 Å². The minimum atomic E-state index is 0.812. The monoisotopic (exact) mass is 314 g/mol. The van der Waals surface area contributed by atoms with Gasteiger partial charge in [0.2, 0.25) is 0 Å². The van der Waals surface area contributed by atoms with Crippen molar-refractivity contribution in [2.45, 2.75) is 26.2 Å². The van der Waals surface area contributed by atoms with Crippen molar-refractivity contribution in [2.75, 3.05) is 5.75 Å². The van der Waals surface area contributed by atoms with Gasteiger partial charge in [0.1, 0.15) is 0 Å². The Labute approximate surface area is 134 Å². The van der Waals surface area contributed by atoms with Crippen LogP contribution in [0.4, 0.5) is 5.69 Å². The largest absolute Gasteiger partial charge is 0.249 e. The topological polar surface area (TPSA) is 25.2 Å². The van der Waals surface area contributed by atoms with Crippen LogP contribution in [0.3, 0.4) is 0 Å². The summed E-state index contributed by atoms with van der Waals surface area (Å²) in [5, 5.41) is 3.16. The molecular formula is C17H18N2S2. The number of rotatable bonds is 4. The van der Waals surface area contributed by atoms with Crippen LogP contribution in [-0.4, -0.2) is 15.8 Å². The molecule has 0 amide bonds. The number of aliphatic imine (C=N–C) groups is 1. The molecule has 0 unspecified atom stereocenters. The van der Waals surface area contributed by atoms with Crippen molar-refractivity contribution >= 4 is 33.8 Å². The summed E-state index contributed by atoms with van der Waals surface area (Å²) in [6.45, 7) is 6.39. The van der Waals surface area contributed by atoms with Crippen LogP contribution in [0.2, 0.25) is 0 Å². The molecule has 3 rings (SSSR count). The van der Waals surface area contributed by atoms with E-state index in [1.807, 2.05) is 11.8 Å². The maximum Gasteiger partial charge on any atom is 0.0997 e. The summed E-state index contributed by atoms with van der Waals surface area (Å²) in [6, 6.07) is 8.31. The number of thioether (sulfide) groups is 1. The first-order valence-corrected chi connectivity index (χ1v) is 9.08. The first-order chi connectivity index (χ1) is 10.3. The maximum absolute atomic E-state index is 4.77. The highest BCUT2D eigenvalue weighted by Crippen LogP contribution is 2.33. The van der Waals surface area contributed by atoms with Crippen molar-refractivity contribution < 1.29 is 0 Å². The van der Waals surface area contributed by atoms with E-state index in [-0.39, 0.29) is 0 Å². The zero-order valence-electron chi connectivity index (χ0n) is 12.1. The van der Waals surface area contributed by atoms with Gasteiger partial charge in [0, 0.05) is 6.42 Å². The molecule has 0 spiro atoms. The van der Waals surface area contributed by atoms with Crippen LogP contribution in [0.15, 0.2) is 46.8 Å². The van der Waals surface area contributed by atoms with Gasteiger partial charge in [0.25, 0.3) is 0 Å². The number of aromatic nitrogens is 1. The Morgan fingerprint density at radius 1 is 1.33 bits per heavy atom. The highest BCUT2D eigenvalue weighted by molar-refractivity contribution is 8.14. The third-order valence-electron chi connectivity index (χ3n) is 3.37. The van der Waals surface area contributed by atoms with Gasteiger partial charge in [-0.15, -0.1) is 23.1 Å². The van der Waals surface area contributed by atoms with Gasteiger partial charge in [-0.3, -0.25) is 0 Å². The Morgan fingerprint density at radius 3 is 3.00 bits per heavy atom. The third-order valence-corrected chi connectivity index (χ3v) is 5.40. The van der Waals surface area contributed by atoms with E-state index in [1.54, 1.807) is 11.3 Å². The highest BCUT2D eigenvalue weighted by Gasteiger charge is 2.18. The van der Waals surface area contributed by atoms with Gasteiger partial charge < -0.3 is 0 Å². The lowest BCUT2D eigenvalue weighted by atomic mass is 10.1. The van der Waals surface area contributed by atoms with Crippen LogP contribution in [0.5, 0.6) is 0 Å². The van der Waals surface area contributed by atoms with Crippen LogP contribution in [0.1, 0.15) is 25.5 Å². The maximum atomic E-state index is 4.77. The summed E-state index contributed by atoms with van der Waals surface area (Å²) in [4.78, 5) is 10.7. The number of unbranched alkanes of at least 4 members (excludes halogenated alkanes) is 1. The van der Waals surface area contributed by atoms with Crippen LogP contribution in [-0.2, 0) is 6.42 Å². The van der Waals surface area contributed by atoms with Crippen LogP contribution in [0, 0.1) is 0 Å². The van der Waals surface area contributed by atoms with Crippen molar-refractivity contribution in [3.8, 4) is 10.6 Å². The molecule has 0 saturated heterocycles. The molecule has 21 heavy (non-hydrogen) atoms. The lowest BCUT2D eigenvalue weighted by Crippen LogP contribution is -2.08. The van der Waals surface area contributed by atoms with Crippen molar-refractivity contribution in [3.63, 3.8) is 0 Å². The average Bonchev–Trinajstić information content (AvgIpc) is 3.02. The van der Waals surface area contributed by atoms with E-state index in [2.05, 4.69) is 43.1 Å². The number of pyridine rings is 1. The number of fused-ring (bicyclic) bond motifs is 1. The number of thiophene rings is 1. The minimum Gasteiger partial charge on any atom is -0.249 e. The molecule has 1 aliphatic rings. The zero-order chi connectivity index (χ0) is 14.7. The average molecular weight is 314 g/mol. The van der Waals surface area contributed by atoms with Crippen molar-refractivity contribution in [1.29, 1.82) is 0 Å². The van der Waals surface area contributed by atoms with E-state index >= 15 is 0 Å². The van der Waals surface area contributed by atoms with Crippen LogP contribution < -0.4 is 0 Å². The van der Waals surface area contributed by atoms with Crippen molar-refractivity contribution in [1.82, 2.24) is 4.98 Å². The Morgan fingerprint density at radius 2 is 2.24 bits per heavy atom. The molecule has 0 bridgehead atoms. The van der Waals surface area contributed by atoms with E-state index in [0.29, 0.717) is 0 Å². The fourth-order valence-electron chi connectivity index (χ4n) is 2.20. The lowest BCUT2D eigenvalue weighted by Gasteiger charge is -2.17. The van der Waals surface area contributed by atoms with Gasteiger partial charge in [-0.1, -0.05) is 26.0 Å². The molecule has 1 aliphatic heterocycles. The Bertz CT molecular complexity index is 672. The molecule has 0 aliphatic carbocycles. The molecule has 2 aromatic rings. The Balaban J connectivity index is 1.85. The summed E-state index contributed by atoms with van der Waals surface area (Å²) in [6.07, 6.45) is 3.25. The van der Waals surface area contributed by atoms with E-state index in [9.17, 15) is 0 Å². The zero-order valence-corrected chi connectivity index (χ0v) is 13.8. The lowest BCUT2D eigenvalue weighted by molar-refractivity contribution is 0.898. The van der Waals surface area contributed by atoms with Gasteiger partial charge in [0.15, 0.2) is 0 Å². The summed E-state index contributed by atoms with van der Waals surface area (Å²) in [5.41, 5.74) is 4.18. The Hall–Kier alpha value is -1.39.